The third kappa shape index (κ3) is 6.15. The Balaban J connectivity index is 1.89. The molecule has 0 spiro atoms. The van der Waals surface area contributed by atoms with Crippen LogP contribution in [0.4, 0.5) is 8.78 Å². The van der Waals surface area contributed by atoms with E-state index < -0.39 is 6.61 Å². The van der Waals surface area contributed by atoms with Crippen molar-refractivity contribution in [2.75, 3.05) is 20.6 Å². The molecule has 6 heteroatoms. The van der Waals surface area contributed by atoms with Crippen molar-refractivity contribution in [1.82, 2.24) is 10.2 Å². The molecule has 2 rings (SSSR count). The standard InChI is InChI=1S/C19H22F2N2O2/c1-23(2)17(15-6-4-3-5-7-15)13-22-18(24)12-14-8-10-16(11-9-14)25-19(20)21/h3-11,17,19H,12-13H2,1-2H3,(H,22,24). The maximum absolute atomic E-state index is 12.2. The summed E-state index contributed by atoms with van der Waals surface area (Å²) in [5, 5.41) is 2.93. The zero-order valence-corrected chi connectivity index (χ0v) is 14.3. The molecule has 2 aromatic carbocycles. The van der Waals surface area contributed by atoms with Crippen LogP contribution in [0.1, 0.15) is 17.2 Å². The van der Waals surface area contributed by atoms with E-state index in [9.17, 15) is 13.6 Å². The van der Waals surface area contributed by atoms with Gasteiger partial charge in [-0.2, -0.15) is 8.78 Å². The zero-order chi connectivity index (χ0) is 18.2. The van der Waals surface area contributed by atoms with Crippen molar-refractivity contribution in [2.24, 2.45) is 0 Å². The molecule has 0 saturated carbocycles. The van der Waals surface area contributed by atoms with E-state index in [1.807, 2.05) is 49.3 Å². The van der Waals surface area contributed by atoms with Gasteiger partial charge in [0.25, 0.3) is 0 Å². The van der Waals surface area contributed by atoms with Gasteiger partial charge in [-0.1, -0.05) is 42.5 Å². The fourth-order valence-electron chi connectivity index (χ4n) is 2.52. The highest BCUT2D eigenvalue weighted by Gasteiger charge is 2.15. The number of likely N-dealkylation sites (N-methyl/N-ethyl adjacent to an activating group) is 1. The van der Waals surface area contributed by atoms with Crippen molar-refractivity contribution in [3.63, 3.8) is 0 Å². The Morgan fingerprint density at radius 2 is 1.72 bits per heavy atom. The molecule has 1 amide bonds. The predicted octanol–water partition coefficient (Wildman–Crippen LogP) is 3.25. The first-order chi connectivity index (χ1) is 12.0. The van der Waals surface area contributed by atoms with Crippen molar-refractivity contribution in [1.29, 1.82) is 0 Å². The molecule has 0 bridgehead atoms. The number of hydrogen-bond acceptors (Lipinski definition) is 3. The van der Waals surface area contributed by atoms with E-state index in [1.165, 1.54) is 12.1 Å². The third-order valence-corrected chi connectivity index (χ3v) is 3.81. The van der Waals surface area contributed by atoms with Crippen LogP contribution in [0.2, 0.25) is 0 Å². The van der Waals surface area contributed by atoms with Crippen LogP contribution in [-0.2, 0) is 11.2 Å². The SMILES string of the molecule is CN(C)C(CNC(=O)Cc1ccc(OC(F)F)cc1)c1ccccc1. The molecule has 2 aromatic rings. The lowest BCUT2D eigenvalue weighted by Gasteiger charge is -2.25. The van der Waals surface area contributed by atoms with Gasteiger partial charge in [0.15, 0.2) is 0 Å². The molecular formula is C19H22F2N2O2. The number of alkyl halides is 2. The van der Waals surface area contributed by atoms with Crippen LogP contribution in [0, 0.1) is 0 Å². The molecule has 1 atom stereocenters. The monoisotopic (exact) mass is 348 g/mol. The number of nitrogens with one attached hydrogen (secondary N) is 1. The largest absolute Gasteiger partial charge is 0.435 e. The molecule has 0 aromatic heterocycles. The summed E-state index contributed by atoms with van der Waals surface area (Å²) in [7, 11) is 3.93. The summed E-state index contributed by atoms with van der Waals surface area (Å²) < 4.78 is 28.5. The molecule has 1 unspecified atom stereocenters. The summed E-state index contributed by atoms with van der Waals surface area (Å²) in [6, 6.07) is 16.1. The van der Waals surface area contributed by atoms with Gasteiger partial charge >= 0.3 is 6.61 Å². The van der Waals surface area contributed by atoms with Gasteiger partial charge in [0.1, 0.15) is 5.75 Å². The second kappa shape index (κ2) is 9.13. The number of nitrogens with zero attached hydrogens (tertiary/aromatic N) is 1. The molecule has 0 aliphatic carbocycles. The van der Waals surface area contributed by atoms with Crippen LogP contribution < -0.4 is 10.1 Å². The summed E-state index contributed by atoms with van der Waals surface area (Å²) in [6.45, 7) is -2.36. The number of halogens is 2. The molecule has 0 fully saturated rings. The van der Waals surface area contributed by atoms with E-state index >= 15 is 0 Å². The van der Waals surface area contributed by atoms with E-state index in [0.29, 0.717) is 6.54 Å². The normalized spacial score (nSPS) is 12.2. The molecule has 134 valence electrons. The zero-order valence-electron chi connectivity index (χ0n) is 14.3. The lowest BCUT2D eigenvalue weighted by atomic mass is 10.1. The third-order valence-electron chi connectivity index (χ3n) is 3.81. The van der Waals surface area contributed by atoms with Gasteiger partial charge in [-0.25, -0.2) is 0 Å². The lowest BCUT2D eigenvalue weighted by molar-refractivity contribution is -0.120. The van der Waals surface area contributed by atoms with Gasteiger partial charge in [-0.15, -0.1) is 0 Å². The van der Waals surface area contributed by atoms with Gasteiger partial charge in [-0.05, 0) is 37.4 Å². The quantitative estimate of drug-likeness (QED) is 0.796. The minimum Gasteiger partial charge on any atom is -0.435 e. The average Bonchev–Trinajstić information content (AvgIpc) is 2.57. The Morgan fingerprint density at radius 1 is 1.08 bits per heavy atom. The minimum atomic E-state index is -2.85. The van der Waals surface area contributed by atoms with Gasteiger partial charge in [0, 0.05) is 6.54 Å². The predicted molar refractivity (Wildman–Crippen MR) is 92.7 cm³/mol. The second-order valence-corrected chi connectivity index (χ2v) is 5.89. The van der Waals surface area contributed by atoms with E-state index in [4.69, 9.17) is 0 Å². The number of rotatable bonds is 8. The Kier molecular flexibility index (Phi) is 6.89. The first-order valence-electron chi connectivity index (χ1n) is 7.97. The van der Waals surface area contributed by atoms with Gasteiger partial charge in [0.05, 0.1) is 12.5 Å². The molecule has 0 radical (unpaired) electrons. The van der Waals surface area contributed by atoms with Crippen molar-refractivity contribution in [3.05, 3.63) is 65.7 Å². The molecule has 0 aliphatic heterocycles. The highest BCUT2D eigenvalue weighted by molar-refractivity contribution is 5.78. The summed E-state index contributed by atoms with van der Waals surface area (Å²) in [6.07, 6.45) is 0.184. The molecule has 1 N–H and O–H groups in total. The van der Waals surface area contributed by atoms with Crippen LogP contribution in [0.15, 0.2) is 54.6 Å². The summed E-state index contributed by atoms with van der Waals surface area (Å²) in [5.74, 6) is -0.0405. The fraction of sp³-hybridized carbons (Fsp3) is 0.316. The fourth-order valence-corrected chi connectivity index (χ4v) is 2.52. The highest BCUT2D eigenvalue weighted by atomic mass is 19.3. The van der Waals surface area contributed by atoms with Crippen LogP contribution >= 0.6 is 0 Å². The van der Waals surface area contributed by atoms with Crippen molar-refractivity contribution < 1.29 is 18.3 Å². The number of carbonyl (C=O) groups is 1. The minimum absolute atomic E-state index is 0.0759. The Bertz CT molecular complexity index is 661. The number of ether oxygens (including phenoxy) is 1. The number of hydrogen-bond donors (Lipinski definition) is 1. The van der Waals surface area contributed by atoms with Crippen molar-refractivity contribution >= 4 is 5.91 Å². The molecule has 4 nitrogen and oxygen atoms in total. The molecule has 0 heterocycles. The number of carbonyl (C=O) groups excluding carboxylic acids is 1. The molecule has 0 saturated heterocycles. The number of benzene rings is 2. The summed E-state index contributed by atoms with van der Waals surface area (Å²) in [5.41, 5.74) is 1.86. The topological polar surface area (TPSA) is 41.6 Å². The maximum Gasteiger partial charge on any atom is 0.387 e. The van der Waals surface area contributed by atoms with E-state index in [-0.39, 0.29) is 24.1 Å². The first-order valence-corrected chi connectivity index (χ1v) is 7.97. The van der Waals surface area contributed by atoms with E-state index in [1.54, 1.807) is 12.1 Å². The smallest absolute Gasteiger partial charge is 0.387 e. The van der Waals surface area contributed by atoms with Gasteiger partial charge in [-0.3, -0.25) is 4.79 Å². The summed E-state index contributed by atoms with van der Waals surface area (Å²) in [4.78, 5) is 14.2. The maximum atomic E-state index is 12.2. The van der Waals surface area contributed by atoms with E-state index in [0.717, 1.165) is 11.1 Å². The van der Waals surface area contributed by atoms with Crippen molar-refractivity contribution in [2.45, 2.75) is 19.1 Å². The van der Waals surface area contributed by atoms with E-state index in [2.05, 4.69) is 10.1 Å². The lowest BCUT2D eigenvalue weighted by Crippen LogP contribution is -2.35. The first kappa shape index (κ1) is 18.9. The van der Waals surface area contributed by atoms with Crippen molar-refractivity contribution in [3.8, 4) is 5.75 Å². The van der Waals surface area contributed by atoms with Gasteiger partial charge in [0.2, 0.25) is 5.91 Å². The van der Waals surface area contributed by atoms with Crippen LogP contribution in [-0.4, -0.2) is 38.1 Å². The molecule has 25 heavy (non-hydrogen) atoms. The van der Waals surface area contributed by atoms with Gasteiger partial charge < -0.3 is 15.0 Å². The summed E-state index contributed by atoms with van der Waals surface area (Å²) >= 11 is 0. The molecular weight excluding hydrogens is 326 g/mol. The highest BCUT2D eigenvalue weighted by Crippen LogP contribution is 2.17. The van der Waals surface area contributed by atoms with Crippen LogP contribution in [0.25, 0.3) is 0 Å². The van der Waals surface area contributed by atoms with Crippen LogP contribution in [0.5, 0.6) is 5.75 Å². The average molecular weight is 348 g/mol. The Hall–Kier alpha value is -2.47. The van der Waals surface area contributed by atoms with Crippen LogP contribution in [0.3, 0.4) is 0 Å². The molecule has 0 aliphatic rings. The Labute approximate surface area is 146 Å². The second-order valence-electron chi connectivity index (χ2n) is 5.89. The number of amides is 1. The Morgan fingerprint density at radius 3 is 2.28 bits per heavy atom.